The molecule has 0 unspecified atom stereocenters. The van der Waals surface area contributed by atoms with E-state index in [9.17, 15) is 18.0 Å². The van der Waals surface area contributed by atoms with Crippen molar-refractivity contribution in [3.05, 3.63) is 64.4 Å². The van der Waals surface area contributed by atoms with Crippen molar-refractivity contribution in [2.75, 3.05) is 13.2 Å². The van der Waals surface area contributed by atoms with Crippen LogP contribution in [0.1, 0.15) is 39.0 Å². The van der Waals surface area contributed by atoms with Gasteiger partial charge in [-0.1, -0.05) is 13.0 Å². The Hall–Kier alpha value is -2.82. The lowest BCUT2D eigenvalue weighted by Crippen LogP contribution is -2.23. The Kier molecular flexibility index (Phi) is 6.49. The maximum absolute atomic E-state index is 12.6. The van der Waals surface area contributed by atoms with Crippen molar-refractivity contribution in [3.8, 4) is 5.13 Å². The number of sulfonamides is 1. The molecule has 0 saturated heterocycles. The molecule has 10 heteroatoms. The summed E-state index contributed by atoms with van der Waals surface area (Å²) in [5, 5.41) is 2.60. The summed E-state index contributed by atoms with van der Waals surface area (Å²) in [5.41, 5.74) is 2.05. The molecule has 0 amide bonds. The molecule has 1 aromatic carbocycles. The summed E-state index contributed by atoms with van der Waals surface area (Å²) in [6, 6.07) is 7.22. The molecule has 2 heterocycles. The summed E-state index contributed by atoms with van der Waals surface area (Å²) in [7, 11) is -3.70. The van der Waals surface area contributed by atoms with Crippen LogP contribution in [0, 0.1) is 13.8 Å². The molecule has 1 N–H and O–H groups in total. The van der Waals surface area contributed by atoms with E-state index in [-0.39, 0.29) is 22.8 Å². The maximum atomic E-state index is 12.6. The highest BCUT2D eigenvalue weighted by atomic mass is 32.2. The zero-order valence-corrected chi connectivity index (χ0v) is 18.3. The number of rotatable bonds is 8. The van der Waals surface area contributed by atoms with Crippen LogP contribution in [-0.2, 0) is 14.8 Å². The summed E-state index contributed by atoms with van der Waals surface area (Å²) >= 11 is 1.45. The number of hydrogen-bond donors (Lipinski definition) is 1. The summed E-state index contributed by atoms with van der Waals surface area (Å²) in [6.45, 7) is 5.11. The molecule has 158 valence electrons. The molecule has 0 saturated carbocycles. The van der Waals surface area contributed by atoms with Gasteiger partial charge in [0.05, 0.1) is 10.5 Å². The van der Waals surface area contributed by atoms with Gasteiger partial charge in [0.15, 0.2) is 11.7 Å². The lowest BCUT2D eigenvalue weighted by Gasteiger charge is -2.08. The van der Waals surface area contributed by atoms with E-state index in [4.69, 9.17) is 4.74 Å². The van der Waals surface area contributed by atoms with Crippen LogP contribution in [0.25, 0.3) is 5.13 Å². The monoisotopic (exact) mass is 447 g/mol. The normalized spacial score (nSPS) is 11.4. The van der Waals surface area contributed by atoms with E-state index in [0.717, 1.165) is 10.8 Å². The lowest BCUT2D eigenvalue weighted by atomic mass is 10.1. The number of nitrogens with zero attached hydrogens (tertiary/aromatic N) is 2. The van der Waals surface area contributed by atoms with E-state index in [1.807, 2.05) is 16.9 Å². The van der Waals surface area contributed by atoms with Crippen molar-refractivity contribution < 1.29 is 22.7 Å². The van der Waals surface area contributed by atoms with Crippen LogP contribution >= 0.6 is 11.3 Å². The smallest absolute Gasteiger partial charge is 0.338 e. The summed E-state index contributed by atoms with van der Waals surface area (Å²) in [6.07, 6.45) is 1.69. The number of ether oxygens (including phenoxy) is 1. The Morgan fingerprint density at radius 2 is 2.00 bits per heavy atom. The average Bonchev–Trinajstić information content (AvgIpc) is 3.33. The fraction of sp³-hybridized carbons (Fsp3) is 0.250. The van der Waals surface area contributed by atoms with Gasteiger partial charge in [0.1, 0.15) is 0 Å². The third-order valence-electron chi connectivity index (χ3n) is 4.39. The summed E-state index contributed by atoms with van der Waals surface area (Å²) in [4.78, 5) is 29.2. The number of nitrogens with one attached hydrogen (secondary N) is 1. The largest absolute Gasteiger partial charge is 0.454 e. The second kappa shape index (κ2) is 8.90. The molecule has 0 atom stereocenters. The Bertz CT molecular complexity index is 1180. The molecule has 0 aliphatic carbocycles. The van der Waals surface area contributed by atoms with Crippen molar-refractivity contribution in [1.29, 1.82) is 0 Å². The third-order valence-corrected chi connectivity index (χ3v) is 6.69. The van der Waals surface area contributed by atoms with Gasteiger partial charge in [-0.25, -0.2) is 22.9 Å². The van der Waals surface area contributed by atoms with Crippen molar-refractivity contribution in [1.82, 2.24) is 14.3 Å². The number of hydrogen-bond acceptors (Lipinski definition) is 7. The van der Waals surface area contributed by atoms with Gasteiger partial charge in [0, 0.05) is 35.1 Å². The minimum absolute atomic E-state index is 0.0443. The zero-order valence-electron chi connectivity index (χ0n) is 16.7. The molecule has 0 radical (unpaired) electrons. The van der Waals surface area contributed by atoms with Crippen LogP contribution in [0.2, 0.25) is 0 Å². The van der Waals surface area contributed by atoms with Crippen LogP contribution in [0.4, 0.5) is 0 Å². The molecule has 0 aliphatic heterocycles. The molecule has 8 nitrogen and oxygen atoms in total. The van der Waals surface area contributed by atoms with E-state index >= 15 is 0 Å². The number of benzene rings is 1. The van der Waals surface area contributed by atoms with Crippen molar-refractivity contribution >= 4 is 33.1 Å². The zero-order chi connectivity index (χ0) is 21.9. The predicted octanol–water partition coefficient (Wildman–Crippen LogP) is 2.89. The van der Waals surface area contributed by atoms with Crippen LogP contribution in [0.5, 0.6) is 0 Å². The van der Waals surface area contributed by atoms with Gasteiger partial charge in [0.25, 0.3) is 0 Å². The second-order valence-corrected chi connectivity index (χ2v) is 9.10. The van der Waals surface area contributed by atoms with Crippen LogP contribution in [-0.4, -0.2) is 42.9 Å². The molecular weight excluding hydrogens is 426 g/mol. The van der Waals surface area contributed by atoms with Gasteiger partial charge in [0.2, 0.25) is 15.8 Å². The van der Waals surface area contributed by atoms with Crippen molar-refractivity contribution in [2.24, 2.45) is 0 Å². The lowest BCUT2D eigenvalue weighted by molar-refractivity contribution is 0.0474. The third kappa shape index (κ3) is 4.50. The predicted molar refractivity (Wildman–Crippen MR) is 113 cm³/mol. The van der Waals surface area contributed by atoms with E-state index in [1.165, 1.54) is 35.6 Å². The average molecular weight is 448 g/mol. The molecule has 3 rings (SSSR count). The summed E-state index contributed by atoms with van der Waals surface area (Å²) in [5.74, 6) is -1.12. The molecule has 30 heavy (non-hydrogen) atoms. The Labute approximate surface area is 178 Å². The van der Waals surface area contributed by atoms with Gasteiger partial charge >= 0.3 is 5.97 Å². The molecule has 3 aromatic rings. The first kappa shape index (κ1) is 21.9. The van der Waals surface area contributed by atoms with Crippen LogP contribution in [0.15, 0.2) is 46.8 Å². The Balaban J connectivity index is 1.73. The summed E-state index contributed by atoms with van der Waals surface area (Å²) < 4.78 is 33.6. The second-order valence-electron chi connectivity index (χ2n) is 6.46. The van der Waals surface area contributed by atoms with Crippen LogP contribution in [0.3, 0.4) is 0 Å². The number of esters is 1. The number of carbonyl (C=O) groups is 2. The van der Waals surface area contributed by atoms with Gasteiger partial charge in [-0.05, 0) is 38.1 Å². The van der Waals surface area contributed by atoms with Crippen molar-refractivity contribution in [3.63, 3.8) is 0 Å². The first-order valence-electron chi connectivity index (χ1n) is 9.13. The Morgan fingerprint density at radius 3 is 2.67 bits per heavy atom. The molecule has 0 aliphatic rings. The highest BCUT2D eigenvalue weighted by Crippen LogP contribution is 2.22. The molecule has 0 spiro atoms. The fourth-order valence-electron chi connectivity index (χ4n) is 3.02. The standard InChI is InChI=1S/C20H21N3O5S2/c1-4-22-30(26,27)16-7-5-6-15(11-16)19(25)28-12-18(24)17-10-13(2)23(14(17)3)20-21-8-9-29-20/h5-11,22H,4,12H2,1-3H3. The topological polar surface area (TPSA) is 107 Å². The van der Waals surface area contributed by atoms with Gasteiger partial charge < -0.3 is 4.74 Å². The first-order valence-corrected chi connectivity index (χ1v) is 11.5. The van der Waals surface area contributed by atoms with Gasteiger partial charge in [-0.3, -0.25) is 9.36 Å². The number of Topliss-reactive ketones (excluding diaryl/α,β-unsaturated/α-hetero) is 1. The van der Waals surface area contributed by atoms with Gasteiger partial charge in [-0.2, -0.15) is 0 Å². The minimum Gasteiger partial charge on any atom is -0.454 e. The van der Waals surface area contributed by atoms with Gasteiger partial charge in [-0.15, -0.1) is 11.3 Å². The minimum atomic E-state index is -3.70. The highest BCUT2D eigenvalue weighted by molar-refractivity contribution is 7.89. The van der Waals surface area contributed by atoms with Crippen molar-refractivity contribution in [2.45, 2.75) is 25.7 Å². The number of ketones is 1. The fourth-order valence-corrected chi connectivity index (χ4v) is 4.86. The van der Waals surface area contributed by atoms with E-state index < -0.39 is 22.6 Å². The highest BCUT2D eigenvalue weighted by Gasteiger charge is 2.20. The van der Waals surface area contributed by atoms with E-state index in [1.54, 1.807) is 26.1 Å². The maximum Gasteiger partial charge on any atom is 0.338 e. The Morgan fingerprint density at radius 1 is 1.23 bits per heavy atom. The SMILES string of the molecule is CCNS(=O)(=O)c1cccc(C(=O)OCC(=O)c2cc(C)n(-c3nccs3)c2C)c1. The van der Waals surface area contributed by atoms with E-state index in [0.29, 0.717) is 11.3 Å². The first-order chi connectivity index (χ1) is 14.2. The number of carbonyl (C=O) groups excluding carboxylic acids is 2. The number of thiazole rings is 1. The molecule has 0 bridgehead atoms. The number of aryl methyl sites for hydroxylation is 1. The van der Waals surface area contributed by atoms with Crippen LogP contribution < -0.4 is 4.72 Å². The molecule has 2 aromatic heterocycles. The van der Waals surface area contributed by atoms with E-state index in [2.05, 4.69) is 9.71 Å². The molecular formula is C20H21N3O5S2. The molecule has 0 fully saturated rings. The quantitative estimate of drug-likeness (QED) is 0.420. The number of aromatic nitrogens is 2.